The molecule has 0 aliphatic carbocycles. The van der Waals surface area contributed by atoms with E-state index >= 15 is 0 Å². The number of alkyl halides is 1. The minimum absolute atomic E-state index is 0.498. The van der Waals surface area contributed by atoms with Crippen molar-refractivity contribution in [3.05, 3.63) is 67.6 Å². The third-order valence-electron chi connectivity index (χ3n) is 2.46. The minimum Gasteiger partial charge on any atom is -0.112 e. The molecule has 0 atom stereocenters. The minimum atomic E-state index is -0.498. The molecule has 0 aliphatic rings. The lowest BCUT2D eigenvalue weighted by Crippen LogP contribution is -1.95. The fourth-order valence-corrected chi connectivity index (χ4v) is 2.87. The lowest BCUT2D eigenvalue weighted by molar-refractivity contribution is 1.14. The SMILES string of the molecule is Clc1ccc(Cl)c(C(Cl)c2cc(Cl)ccc2Cl)c1. The van der Waals surface area contributed by atoms with Crippen LogP contribution in [0.3, 0.4) is 0 Å². The Kier molecular flexibility index (Phi) is 4.69. The Bertz CT molecular complexity index is 528. The quantitative estimate of drug-likeness (QED) is 0.538. The average Bonchev–Trinajstić information content (AvgIpc) is 2.34. The maximum absolute atomic E-state index is 6.40. The smallest absolute Gasteiger partial charge is 0.0865 e. The fourth-order valence-electron chi connectivity index (χ4n) is 1.59. The summed E-state index contributed by atoms with van der Waals surface area (Å²) in [5.74, 6) is 0. The molecule has 0 spiro atoms. The predicted octanol–water partition coefficient (Wildman–Crippen LogP) is 6.63. The first-order chi connectivity index (χ1) is 8.49. The molecule has 2 aromatic rings. The molecule has 2 aromatic carbocycles. The molecule has 0 N–H and O–H groups in total. The molecule has 0 heterocycles. The third kappa shape index (κ3) is 3.07. The lowest BCUT2D eigenvalue weighted by Gasteiger charge is -2.14. The van der Waals surface area contributed by atoms with Crippen LogP contribution >= 0.6 is 58.0 Å². The second kappa shape index (κ2) is 5.90. The van der Waals surface area contributed by atoms with E-state index in [-0.39, 0.29) is 0 Å². The van der Waals surface area contributed by atoms with Gasteiger partial charge in [0.15, 0.2) is 0 Å². The molecule has 94 valence electrons. The van der Waals surface area contributed by atoms with Crippen LogP contribution in [-0.4, -0.2) is 0 Å². The first kappa shape index (κ1) is 14.3. The van der Waals surface area contributed by atoms with E-state index < -0.39 is 5.38 Å². The molecule has 0 unspecified atom stereocenters. The molecule has 0 aromatic heterocycles. The van der Waals surface area contributed by atoms with E-state index in [1.54, 1.807) is 36.4 Å². The molecule has 0 amide bonds. The molecule has 0 nitrogen and oxygen atoms in total. The second-order valence-corrected chi connectivity index (χ2v) is 5.82. The Morgan fingerprint density at radius 2 is 1.06 bits per heavy atom. The molecule has 0 saturated carbocycles. The highest BCUT2D eigenvalue weighted by atomic mass is 35.5. The molecule has 0 aliphatic heterocycles. The van der Waals surface area contributed by atoms with Gasteiger partial charge < -0.3 is 0 Å². The van der Waals surface area contributed by atoms with Crippen molar-refractivity contribution in [1.29, 1.82) is 0 Å². The maximum Gasteiger partial charge on any atom is 0.0865 e. The van der Waals surface area contributed by atoms with Gasteiger partial charge in [-0.2, -0.15) is 0 Å². The summed E-state index contributed by atoms with van der Waals surface area (Å²) in [6, 6.07) is 10.3. The molecular weight excluding hydrogens is 333 g/mol. The van der Waals surface area contributed by atoms with Crippen LogP contribution in [0.4, 0.5) is 0 Å². The van der Waals surface area contributed by atoms with Crippen LogP contribution in [0.15, 0.2) is 36.4 Å². The van der Waals surface area contributed by atoms with E-state index in [9.17, 15) is 0 Å². The summed E-state index contributed by atoms with van der Waals surface area (Å²) >= 11 is 30.5. The van der Waals surface area contributed by atoms with Crippen molar-refractivity contribution in [3.63, 3.8) is 0 Å². The van der Waals surface area contributed by atoms with Gasteiger partial charge in [-0.1, -0.05) is 46.4 Å². The van der Waals surface area contributed by atoms with Crippen LogP contribution in [-0.2, 0) is 0 Å². The van der Waals surface area contributed by atoms with Crippen molar-refractivity contribution >= 4 is 58.0 Å². The summed E-state index contributed by atoms with van der Waals surface area (Å²) in [5, 5.41) is 1.71. The first-order valence-electron chi connectivity index (χ1n) is 5.03. The topological polar surface area (TPSA) is 0 Å². The maximum atomic E-state index is 6.40. The van der Waals surface area contributed by atoms with Crippen molar-refractivity contribution in [1.82, 2.24) is 0 Å². The third-order valence-corrected chi connectivity index (χ3v) is 4.09. The van der Waals surface area contributed by atoms with Gasteiger partial charge in [-0.25, -0.2) is 0 Å². The van der Waals surface area contributed by atoms with Crippen LogP contribution in [0.5, 0.6) is 0 Å². The molecule has 2 rings (SSSR count). The van der Waals surface area contributed by atoms with Crippen LogP contribution in [0, 0.1) is 0 Å². The Hall–Kier alpha value is -0.110. The lowest BCUT2D eigenvalue weighted by atomic mass is 10.0. The zero-order valence-electron chi connectivity index (χ0n) is 8.93. The fraction of sp³-hybridized carbons (Fsp3) is 0.0769. The molecule has 0 fully saturated rings. The summed E-state index contributed by atoms with van der Waals surface area (Å²) in [6.45, 7) is 0. The van der Waals surface area contributed by atoms with Crippen molar-refractivity contribution in [2.75, 3.05) is 0 Å². The molecule has 5 heteroatoms. The Morgan fingerprint density at radius 3 is 1.44 bits per heavy atom. The van der Waals surface area contributed by atoms with E-state index in [2.05, 4.69) is 0 Å². The first-order valence-corrected chi connectivity index (χ1v) is 6.98. The van der Waals surface area contributed by atoms with Gasteiger partial charge in [-0.3, -0.25) is 0 Å². The van der Waals surface area contributed by atoms with Crippen molar-refractivity contribution in [3.8, 4) is 0 Å². The molecule has 0 saturated heterocycles. The molecular formula is C13H7Cl5. The molecule has 0 bridgehead atoms. The highest BCUT2D eigenvalue weighted by molar-refractivity contribution is 6.37. The monoisotopic (exact) mass is 338 g/mol. The average molecular weight is 340 g/mol. The number of rotatable bonds is 2. The summed E-state index contributed by atoms with van der Waals surface area (Å²) in [4.78, 5) is 0. The van der Waals surface area contributed by atoms with E-state index in [1.165, 1.54) is 0 Å². The normalized spacial score (nSPS) is 11.0. The zero-order chi connectivity index (χ0) is 13.3. The summed E-state index contributed by atoms with van der Waals surface area (Å²) < 4.78 is 0. The van der Waals surface area contributed by atoms with Crippen molar-refractivity contribution < 1.29 is 0 Å². The van der Waals surface area contributed by atoms with E-state index in [0.717, 1.165) is 0 Å². The van der Waals surface area contributed by atoms with Gasteiger partial charge in [0.1, 0.15) is 0 Å². The van der Waals surface area contributed by atoms with Crippen LogP contribution in [0.1, 0.15) is 16.5 Å². The van der Waals surface area contributed by atoms with E-state index in [4.69, 9.17) is 58.0 Å². The second-order valence-electron chi connectivity index (χ2n) is 3.69. The highest BCUT2D eigenvalue weighted by Gasteiger charge is 2.17. The van der Waals surface area contributed by atoms with Gasteiger partial charge in [0.25, 0.3) is 0 Å². The Labute approximate surface area is 130 Å². The summed E-state index contributed by atoms with van der Waals surface area (Å²) in [5.41, 5.74) is 1.41. The Balaban J connectivity index is 2.50. The van der Waals surface area contributed by atoms with Gasteiger partial charge >= 0.3 is 0 Å². The zero-order valence-corrected chi connectivity index (χ0v) is 12.7. The van der Waals surface area contributed by atoms with Gasteiger partial charge in [-0.15, -0.1) is 11.6 Å². The van der Waals surface area contributed by atoms with E-state index in [1.807, 2.05) is 0 Å². The van der Waals surface area contributed by atoms with Crippen LogP contribution in [0.25, 0.3) is 0 Å². The number of hydrogen-bond acceptors (Lipinski definition) is 0. The summed E-state index contributed by atoms with van der Waals surface area (Å²) in [6.07, 6.45) is 0. The van der Waals surface area contributed by atoms with Gasteiger partial charge in [0, 0.05) is 20.1 Å². The van der Waals surface area contributed by atoms with Crippen LogP contribution < -0.4 is 0 Å². The number of halogens is 5. The van der Waals surface area contributed by atoms with E-state index in [0.29, 0.717) is 31.2 Å². The van der Waals surface area contributed by atoms with Crippen LogP contribution in [0.2, 0.25) is 20.1 Å². The highest BCUT2D eigenvalue weighted by Crippen LogP contribution is 2.39. The Morgan fingerprint density at radius 1 is 0.667 bits per heavy atom. The molecule has 0 radical (unpaired) electrons. The van der Waals surface area contributed by atoms with Crippen molar-refractivity contribution in [2.45, 2.75) is 5.38 Å². The standard InChI is InChI=1S/C13H7Cl5/c14-7-1-3-11(16)9(5-7)13(18)10-6-8(15)2-4-12(10)17/h1-6,13H. The number of benzene rings is 2. The van der Waals surface area contributed by atoms with Gasteiger partial charge in [-0.05, 0) is 47.5 Å². The number of hydrogen-bond donors (Lipinski definition) is 0. The summed E-state index contributed by atoms with van der Waals surface area (Å²) in [7, 11) is 0. The predicted molar refractivity (Wildman–Crippen MR) is 80.6 cm³/mol. The van der Waals surface area contributed by atoms with Gasteiger partial charge in [0.2, 0.25) is 0 Å². The largest absolute Gasteiger partial charge is 0.112 e. The van der Waals surface area contributed by atoms with Gasteiger partial charge in [0.05, 0.1) is 5.38 Å². The molecule has 18 heavy (non-hydrogen) atoms. The van der Waals surface area contributed by atoms with Crippen molar-refractivity contribution in [2.24, 2.45) is 0 Å².